The van der Waals surface area contributed by atoms with Gasteiger partial charge in [0.05, 0.1) is 0 Å². The van der Waals surface area contributed by atoms with Crippen LogP contribution in [-0.2, 0) is 20.9 Å². The van der Waals surface area contributed by atoms with Gasteiger partial charge in [0, 0.05) is 6.04 Å². The van der Waals surface area contributed by atoms with Crippen LogP contribution in [0.1, 0.15) is 57.4 Å². The third-order valence-corrected chi connectivity index (χ3v) is 8.01. The first-order chi connectivity index (χ1) is 14.5. The summed E-state index contributed by atoms with van der Waals surface area (Å²) in [4.78, 5) is 19.2. The summed E-state index contributed by atoms with van der Waals surface area (Å²) in [7, 11) is -0.685. The Bertz CT molecular complexity index is 632. The Hall–Kier alpha value is -1.17. The van der Waals surface area contributed by atoms with E-state index in [4.69, 9.17) is 19.3 Å². The SMILES string of the molecule is CCC1(C2CCCN2)CCCC1.C[I-]c1ccc2c(c1)B(O)OC2.NC=O.O=CO. The number of nitrogens with one attached hydrogen (secondary N) is 1. The summed E-state index contributed by atoms with van der Waals surface area (Å²) in [6, 6.07) is 7.13. The molecule has 9 heteroatoms. The smallest absolute Gasteiger partial charge is 0.290 e. The van der Waals surface area contributed by atoms with Crippen molar-refractivity contribution >= 4 is 25.5 Å². The van der Waals surface area contributed by atoms with E-state index < -0.39 is 7.12 Å². The van der Waals surface area contributed by atoms with E-state index in [0.717, 1.165) is 17.1 Å². The van der Waals surface area contributed by atoms with Crippen LogP contribution in [0.2, 0.25) is 0 Å². The Morgan fingerprint density at radius 2 is 1.97 bits per heavy atom. The van der Waals surface area contributed by atoms with Crippen molar-refractivity contribution in [2.75, 3.05) is 11.5 Å². The number of hydrogen-bond donors (Lipinski definition) is 4. The normalized spacial score (nSPS) is 20.6. The van der Waals surface area contributed by atoms with Gasteiger partial charge >= 0.3 is 82.3 Å². The quantitative estimate of drug-likeness (QED) is 0.159. The van der Waals surface area contributed by atoms with Crippen molar-refractivity contribution in [2.45, 2.75) is 64.5 Å². The summed E-state index contributed by atoms with van der Waals surface area (Å²) in [5, 5.41) is 20.0. The first-order valence-corrected chi connectivity index (χ1v) is 13.6. The average molecular weight is 533 g/mol. The molecule has 4 rings (SSSR count). The van der Waals surface area contributed by atoms with E-state index in [-0.39, 0.29) is 34.1 Å². The standard InChI is InChI=1S/C11H21N.C8H9BIO2.CH3NO.CH2O2/c1-2-11(7-3-4-8-11)10-6-5-9-12-10;1-10-7-3-2-6-5-12-9(11)8(6)4-7;2*2-1-3/h10,12H,2-9H2,1H3;2-4,11H,5H2,1H3;1H,(H2,2,3);1H,(H,2,3)/q;-1;;. The summed E-state index contributed by atoms with van der Waals surface area (Å²) in [5.74, 6) is 0. The molecular formula is C21H35BIN2O5-. The van der Waals surface area contributed by atoms with E-state index in [1.807, 2.05) is 0 Å². The third kappa shape index (κ3) is 7.83. The van der Waals surface area contributed by atoms with E-state index in [9.17, 15) is 5.02 Å². The molecule has 1 aromatic rings. The van der Waals surface area contributed by atoms with Gasteiger partial charge in [0.2, 0.25) is 6.41 Å². The molecule has 1 aliphatic carbocycles. The molecule has 1 saturated heterocycles. The molecule has 1 aromatic carbocycles. The predicted octanol–water partition coefficient (Wildman–Crippen LogP) is -1.70. The molecule has 7 nitrogen and oxygen atoms in total. The van der Waals surface area contributed by atoms with Gasteiger partial charge in [-0.2, -0.15) is 0 Å². The Morgan fingerprint density at radius 1 is 1.33 bits per heavy atom. The van der Waals surface area contributed by atoms with Crippen molar-refractivity contribution in [3.05, 3.63) is 27.3 Å². The number of primary amides is 1. The minimum absolute atomic E-state index is 0.115. The van der Waals surface area contributed by atoms with Crippen LogP contribution in [0.4, 0.5) is 0 Å². The molecule has 1 unspecified atom stereocenters. The molecule has 1 amide bonds. The van der Waals surface area contributed by atoms with Crippen LogP contribution in [0, 0.1) is 8.99 Å². The van der Waals surface area contributed by atoms with Crippen LogP contribution >= 0.6 is 0 Å². The summed E-state index contributed by atoms with van der Waals surface area (Å²) >= 11 is 0.115. The number of carboxylic acid groups (broad SMARTS) is 1. The third-order valence-electron chi connectivity index (χ3n) is 6.09. The van der Waals surface area contributed by atoms with Crippen LogP contribution in [0.3, 0.4) is 0 Å². The van der Waals surface area contributed by atoms with Crippen LogP contribution in [0.15, 0.2) is 18.2 Å². The topological polar surface area (TPSA) is 122 Å². The molecule has 1 saturated carbocycles. The molecule has 2 fully saturated rings. The number of rotatable bonds is 3. The van der Waals surface area contributed by atoms with Crippen LogP contribution in [0.25, 0.3) is 0 Å². The van der Waals surface area contributed by atoms with Gasteiger partial charge in [0.1, 0.15) is 0 Å². The molecule has 0 aromatic heterocycles. The molecule has 2 aliphatic heterocycles. The number of alkyl halides is 1. The van der Waals surface area contributed by atoms with Gasteiger partial charge in [0.15, 0.2) is 0 Å². The molecule has 5 N–H and O–H groups in total. The van der Waals surface area contributed by atoms with Gasteiger partial charge in [0.25, 0.3) is 6.47 Å². The fraction of sp³-hybridized carbons (Fsp3) is 0.619. The molecule has 30 heavy (non-hydrogen) atoms. The van der Waals surface area contributed by atoms with E-state index in [0.29, 0.717) is 12.0 Å². The number of nitrogens with two attached hydrogens (primary N) is 1. The molecule has 0 radical (unpaired) electrons. The van der Waals surface area contributed by atoms with Crippen molar-refractivity contribution < 1.29 is 45.6 Å². The minimum atomic E-state index is -0.685. The van der Waals surface area contributed by atoms with Crippen LogP contribution in [-0.4, -0.2) is 47.6 Å². The number of halogens is 1. The Kier molecular flexibility index (Phi) is 13.2. The van der Waals surface area contributed by atoms with E-state index in [2.05, 4.69) is 41.1 Å². The van der Waals surface area contributed by atoms with E-state index in [1.165, 1.54) is 55.1 Å². The average Bonchev–Trinajstić information content (AvgIpc) is 3.51. The first kappa shape index (κ1) is 26.9. The summed E-state index contributed by atoms with van der Waals surface area (Å²) < 4.78 is 6.45. The van der Waals surface area contributed by atoms with Gasteiger partial charge in [-0.25, -0.2) is 0 Å². The van der Waals surface area contributed by atoms with Gasteiger partial charge in [-0.3, -0.25) is 9.59 Å². The number of amides is 1. The fourth-order valence-electron chi connectivity index (χ4n) is 4.54. The minimum Gasteiger partial charge on any atom is -0.483 e. The maximum Gasteiger partial charge on any atom is 0.290 e. The monoisotopic (exact) mass is 533 g/mol. The Balaban J connectivity index is 0.000000239. The van der Waals surface area contributed by atoms with Crippen molar-refractivity contribution in [1.82, 2.24) is 5.32 Å². The number of fused-ring (bicyclic) bond motifs is 1. The van der Waals surface area contributed by atoms with Crippen molar-refractivity contribution in [1.29, 1.82) is 0 Å². The summed E-state index contributed by atoms with van der Waals surface area (Å²) in [6.07, 6.45) is 10.4. The molecule has 2 heterocycles. The van der Waals surface area contributed by atoms with Gasteiger partial charge in [-0.05, 0) is 44.1 Å². The number of carbonyl (C=O) groups is 2. The Labute approximate surface area is 190 Å². The zero-order valence-electron chi connectivity index (χ0n) is 18.0. The molecule has 1 atom stereocenters. The number of hydrogen-bond acceptors (Lipinski definition) is 5. The summed E-state index contributed by atoms with van der Waals surface area (Å²) in [5.41, 5.74) is 6.97. The number of carbonyl (C=O) groups excluding carboxylic acids is 1. The Morgan fingerprint density at radius 3 is 2.47 bits per heavy atom. The van der Waals surface area contributed by atoms with Crippen LogP contribution < -0.4 is 37.7 Å². The molecule has 170 valence electrons. The molecular weight excluding hydrogens is 498 g/mol. The fourth-order valence-corrected chi connectivity index (χ4v) is 5.72. The van der Waals surface area contributed by atoms with Crippen molar-refractivity contribution in [3.63, 3.8) is 0 Å². The maximum absolute atomic E-state index is 9.39. The second kappa shape index (κ2) is 14.8. The van der Waals surface area contributed by atoms with E-state index >= 15 is 0 Å². The van der Waals surface area contributed by atoms with Crippen molar-refractivity contribution in [2.24, 2.45) is 11.1 Å². The molecule has 0 bridgehead atoms. The zero-order chi connectivity index (χ0) is 22.4. The molecule has 0 spiro atoms. The van der Waals surface area contributed by atoms with Crippen LogP contribution in [0.5, 0.6) is 0 Å². The number of benzene rings is 1. The van der Waals surface area contributed by atoms with Gasteiger partial charge in [-0.1, -0.05) is 19.8 Å². The summed E-state index contributed by atoms with van der Waals surface area (Å²) in [6.45, 7) is 3.95. The zero-order valence-corrected chi connectivity index (χ0v) is 20.1. The second-order valence-corrected chi connectivity index (χ2v) is 9.83. The van der Waals surface area contributed by atoms with Gasteiger partial charge < -0.3 is 16.2 Å². The van der Waals surface area contributed by atoms with Crippen molar-refractivity contribution in [3.8, 4) is 0 Å². The first-order valence-electron chi connectivity index (χ1n) is 10.4. The second-order valence-electron chi connectivity index (χ2n) is 7.51. The van der Waals surface area contributed by atoms with E-state index in [1.54, 1.807) is 0 Å². The maximum atomic E-state index is 9.39. The predicted molar refractivity (Wildman–Crippen MR) is 115 cm³/mol. The van der Waals surface area contributed by atoms with Gasteiger partial charge in [-0.15, -0.1) is 0 Å². The molecule has 3 aliphatic rings. The largest absolute Gasteiger partial charge is 0.483 e.